The molecule has 1 N–H and O–H groups in total. The number of morpholine rings is 1. The maximum Gasteiger partial charge on any atom is 0.292 e. The minimum Gasteiger partial charge on any atom is -0.457 e. The Morgan fingerprint density at radius 2 is 1.58 bits per heavy atom. The molecule has 6 nitrogen and oxygen atoms in total. The maximum atomic E-state index is 12.8. The van der Waals surface area contributed by atoms with Gasteiger partial charge >= 0.3 is 0 Å². The number of quaternary nitrogens is 1. The lowest BCUT2D eigenvalue weighted by Gasteiger charge is -2.27. The second-order valence-corrected chi connectivity index (χ2v) is 6.50. The van der Waals surface area contributed by atoms with Gasteiger partial charge in [0.2, 0.25) is 5.91 Å². The number of imide groups is 1. The standard InChI is InChI=1S/C20H20N2O4/c23-19-14-18(21-10-12-25-13-11-21)20(24)22(19)15-6-8-17(9-7-15)26-16-4-2-1-3-5-16/h1-9,18H,10-14H2/p+1/t18-/m1/s1. The minimum atomic E-state index is -0.299. The lowest BCUT2D eigenvalue weighted by atomic mass is 10.2. The molecule has 0 aliphatic carbocycles. The van der Waals surface area contributed by atoms with Crippen LogP contribution in [0.3, 0.4) is 0 Å². The second-order valence-electron chi connectivity index (χ2n) is 6.50. The molecule has 134 valence electrons. The van der Waals surface area contributed by atoms with Gasteiger partial charge < -0.3 is 14.4 Å². The van der Waals surface area contributed by atoms with Gasteiger partial charge in [-0.2, -0.15) is 0 Å². The first-order valence-electron chi connectivity index (χ1n) is 8.84. The van der Waals surface area contributed by atoms with Gasteiger partial charge in [0.15, 0.2) is 6.04 Å². The molecule has 2 amide bonds. The number of ether oxygens (including phenoxy) is 2. The van der Waals surface area contributed by atoms with Crippen LogP contribution in [0.2, 0.25) is 0 Å². The summed E-state index contributed by atoms with van der Waals surface area (Å²) in [6.07, 6.45) is 0.260. The fourth-order valence-corrected chi connectivity index (χ4v) is 3.49. The highest BCUT2D eigenvalue weighted by atomic mass is 16.5. The lowest BCUT2D eigenvalue weighted by Crippen LogP contribution is -3.18. The van der Waals surface area contributed by atoms with Crippen molar-refractivity contribution in [3.63, 3.8) is 0 Å². The van der Waals surface area contributed by atoms with Crippen LogP contribution in [0.4, 0.5) is 5.69 Å². The number of para-hydroxylation sites is 1. The zero-order valence-corrected chi connectivity index (χ0v) is 14.4. The molecule has 26 heavy (non-hydrogen) atoms. The third-order valence-electron chi connectivity index (χ3n) is 4.85. The van der Waals surface area contributed by atoms with Gasteiger partial charge in [-0.3, -0.25) is 9.59 Å². The van der Waals surface area contributed by atoms with Crippen molar-refractivity contribution in [3.05, 3.63) is 54.6 Å². The van der Waals surface area contributed by atoms with E-state index in [0.717, 1.165) is 23.7 Å². The zero-order chi connectivity index (χ0) is 17.9. The van der Waals surface area contributed by atoms with E-state index in [2.05, 4.69) is 0 Å². The van der Waals surface area contributed by atoms with Crippen LogP contribution >= 0.6 is 0 Å². The monoisotopic (exact) mass is 353 g/mol. The topological polar surface area (TPSA) is 60.3 Å². The van der Waals surface area contributed by atoms with Crippen molar-refractivity contribution in [2.45, 2.75) is 12.5 Å². The van der Waals surface area contributed by atoms with Crippen LogP contribution in [-0.2, 0) is 14.3 Å². The summed E-state index contributed by atoms with van der Waals surface area (Å²) in [5.74, 6) is 1.14. The average Bonchev–Trinajstić information content (AvgIpc) is 2.98. The average molecular weight is 353 g/mol. The second kappa shape index (κ2) is 7.27. The van der Waals surface area contributed by atoms with Gasteiger partial charge in [-0.25, -0.2) is 4.90 Å². The molecule has 1 atom stereocenters. The van der Waals surface area contributed by atoms with Crippen molar-refractivity contribution in [1.82, 2.24) is 0 Å². The Balaban J connectivity index is 1.48. The van der Waals surface area contributed by atoms with Crippen LogP contribution in [0, 0.1) is 0 Å². The number of nitrogens with one attached hydrogen (secondary N) is 1. The molecule has 0 aromatic heterocycles. The van der Waals surface area contributed by atoms with Crippen molar-refractivity contribution in [1.29, 1.82) is 0 Å². The zero-order valence-electron chi connectivity index (χ0n) is 14.4. The molecule has 0 saturated carbocycles. The summed E-state index contributed by atoms with van der Waals surface area (Å²) >= 11 is 0. The number of rotatable bonds is 4. The van der Waals surface area contributed by atoms with E-state index in [1.54, 1.807) is 24.3 Å². The largest absolute Gasteiger partial charge is 0.457 e. The Bertz CT molecular complexity index is 785. The molecule has 2 fully saturated rings. The minimum absolute atomic E-state index is 0.122. The third kappa shape index (κ3) is 3.34. The number of carbonyl (C=O) groups is 2. The number of amides is 2. The number of nitrogens with zero attached hydrogens (tertiary/aromatic N) is 1. The Kier molecular flexibility index (Phi) is 4.69. The van der Waals surface area contributed by atoms with E-state index in [1.165, 1.54) is 4.90 Å². The number of benzene rings is 2. The van der Waals surface area contributed by atoms with Gasteiger partial charge in [-0.05, 0) is 36.4 Å². The fraction of sp³-hybridized carbons (Fsp3) is 0.300. The van der Waals surface area contributed by atoms with E-state index in [1.807, 2.05) is 30.3 Å². The molecular formula is C20H21N2O4+. The third-order valence-corrected chi connectivity index (χ3v) is 4.85. The summed E-state index contributed by atoms with van der Waals surface area (Å²) < 4.78 is 11.1. The van der Waals surface area contributed by atoms with Gasteiger partial charge in [0, 0.05) is 0 Å². The molecule has 2 aliphatic rings. The summed E-state index contributed by atoms with van der Waals surface area (Å²) in [4.78, 5) is 27.7. The highest BCUT2D eigenvalue weighted by Gasteiger charge is 2.46. The molecule has 2 aromatic carbocycles. The van der Waals surface area contributed by atoms with E-state index in [9.17, 15) is 9.59 Å². The van der Waals surface area contributed by atoms with E-state index < -0.39 is 0 Å². The summed E-state index contributed by atoms with van der Waals surface area (Å²) in [5, 5.41) is 0. The SMILES string of the molecule is O=C1C[C@@H]([NH+]2CCOCC2)C(=O)N1c1ccc(Oc2ccccc2)cc1. The summed E-state index contributed by atoms with van der Waals surface area (Å²) in [6.45, 7) is 2.81. The number of hydrogen-bond donors (Lipinski definition) is 1. The molecule has 2 aromatic rings. The van der Waals surface area contributed by atoms with Crippen molar-refractivity contribution in [2.75, 3.05) is 31.2 Å². The Hall–Kier alpha value is -2.70. The highest BCUT2D eigenvalue weighted by molar-refractivity contribution is 6.21. The van der Waals surface area contributed by atoms with Crippen LogP contribution < -0.4 is 14.5 Å². The molecule has 6 heteroatoms. The Morgan fingerprint density at radius 3 is 2.27 bits per heavy atom. The van der Waals surface area contributed by atoms with Crippen LogP contribution in [0.1, 0.15) is 6.42 Å². The van der Waals surface area contributed by atoms with Crippen LogP contribution in [-0.4, -0.2) is 44.2 Å². The van der Waals surface area contributed by atoms with Gasteiger partial charge in [-0.1, -0.05) is 18.2 Å². The Labute approximate surface area is 151 Å². The van der Waals surface area contributed by atoms with Gasteiger partial charge in [0.25, 0.3) is 5.91 Å². The molecule has 4 rings (SSSR count). The van der Waals surface area contributed by atoms with Gasteiger partial charge in [0.1, 0.15) is 24.6 Å². The Morgan fingerprint density at radius 1 is 0.923 bits per heavy atom. The molecule has 2 saturated heterocycles. The molecule has 0 spiro atoms. The first-order valence-corrected chi connectivity index (χ1v) is 8.84. The van der Waals surface area contributed by atoms with Crippen molar-refractivity contribution >= 4 is 17.5 Å². The molecule has 0 bridgehead atoms. The first-order chi connectivity index (χ1) is 12.7. The van der Waals surface area contributed by atoms with Crippen LogP contribution in [0.5, 0.6) is 11.5 Å². The smallest absolute Gasteiger partial charge is 0.292 e. The quantitative estimate of drug-likeness (QED) is 0.834. The predicted octanol–water partition coefficient (Wildman–Crippen LogP) is 1.03. The van der Waals surface area contributed by atoms with Crippen molar-refractivity contribution in [3.8, 4) is 11.5 Å². The fourth-order valence-electron chi connectivity index (χ4n) is 3.49. The number of carbonyl (C=O) groups excluding carboxylic acids is 2. The maximum absolute atomic E-state index is 12.8. The molecular weight excluding hydrogens is 332 g/mol. The van der Waals surface area contributed by atoms with E-state index in [-0.39, 0.29) is 24.3 Å². The van der Waals surface area contributed by atoms with Gasteiger partial charge in [0.05, 0.1) is 25.3 Å². The van der Waals surface area contributed by atoms with Gasteiger partial charge in [-0.15, -0.1) is 0 Å². The predicted molar refractivity (Wildman–Crippen MR) is 95.4 cm³/mol. The number of anilines is 1. The van der Waals surface area contributed by atoms with Crippen LogP contribution in [0.15, 0.2) is 54.6 Å². The normalized spacial score (nSPS) is 21.2. The van der Waals surface area contributed by atoms with Crippen molar-refractivity contribution in [2.24, 2.45) is 0 Å². The first kappa shape index (κ1) is 16.8. The lowest BCUT2D eigenvalue weighted by molar-refractivity contribution is -0.922. The molecule has 2 heterocycles. The van der Waals surface area contributed by atoms with Crippen molar-refractivity contribution < 1.29 is 24.0 Å². The summed E-state index contributed by atoms with van der Waals surface area (Å²) in [6, 6.07) is 16.2. The number of hydrogen-bond acceptors (Lipinski definition) is 4. The highest BCUT2D eigenvalue weighted by Crippen LogP contribution is 2.27. The van der Waals surface area contributed by atoms with Crippen LogP contribution in [0.25, 0.3) is 0 Å². The van der Waals surface area contributed by atoms with E-state index in [0.29, 0.717) is 24.7 Å². The molecule has 0 radical (unpaired) electrons. The molecule has 0 unspecified atom stereocenters. The summed E-state index contributed by atoms with van der Waals surface area (Å²) in [5.41, 5.74) is 0.593. The summed E-state index contributed by atoms with van der Waals surface area (Å²) in [7, 11) is 0. The van der Waals surface area contributed by atoms with E-state index in [4.69, 9.17) is 9.47 Å². The molecule has 2 aliphatic heterocycles. The van der Waals surface area contributed by atoms with E-state index >= 15 is 0 Å².